The van der Waals surface area contributed by atoms with Crippen molar-refractivity contribution in [2.75, 3.05) is 6.54 Å². The third kappa shape index (κ3) is 3.84. The second-order valence-corrected chi connectivity index (χ2v) is 8.28. The van der Waals surface area contributed by atoms with E-state index < -0.39 is 15.9 Å². The van der Waals surface area contributed by atoms with Gasteiger partial charge in [0.05, 0.1) is 4.90 Å². The Morgan fingerprint density at radius 3 is 2.57 bits per heavy atom. The number of benzene rings is 1. The summed E-state index contributed by atoms with van der Waals surface area (Å²) in [6, 6.07) is 9.91. The van der Waals surface area contributed by atoms with Crippen LogP contribution in [0.1, 0.15) is 4.88 Å². The molecule has 1 heterocycles. The van der Waals surface area contributed by atoms with Crippen molar-refractivity contribution in [2.45, 2.75) is 15.5 Å². The van der Waals surface area contributed by atoms with Crippen LogP contribution in [-0.4, -0.2) is 26.2 Å². The van der Waals surface area contributed by atoms with Gasteiger partial charge in [-0.05, 0) is 40.5 Å². The van der Waals surface area contributed by atoms with E-state index in [4.69, 9.17) is 5.11 Å². The minimum absolute atomic E-state index is 0.235. The average Bonchev–Trinajstić information content (AvgIpc) is 2.81. The van der Waals surface area contributed by atoms with E-state index in [-0.39, 0.29) is 15.6 Å². The van der Waals surface area contributed by atoms with Gasteiger partial charge in [-0.3, -0.25) is 0 Å². The van der Waals surface area contributed by atoms with E-state index in [1.807, 2.05) is 0 Å². The Morgan fingerprint density at radius 2 is 1.95 bits per heavy atom. The lowest BCUT2D eigenvalue weighted by Gasteiger charge is -2.02. The van der Waals surface area contributed by atoms with Gasteiger partial charge in [-0.2, -0.15) is 0 Å². The third-order valence-corrected chi connectivity index (χ3v) is 7.30. The number of rotatable bonds is 5. The van der Waals surface area contributed by atoms with Crippen LogP contribution in [0, 0.1) is 0 Å². The van der Waals surface area contributed by atoms with Gasteiger partial charge in [0.25, 0.3) is 0 Å². The number of halogens is 1. The highest BCUT2D eigenvalue weighted by Crippen LogP contribution is 2.35. The zero-order valence-corrected chi connectivity index (χ0v) is 14.0. The van der Waals surface area contributed by atoms with Crippen molar-refractivity contribution < 1.29 is 18.3 Å². The third-order valence-electron chi connectivity index (χ3n) is 2.65. The summed E-state index contributed by atoms with van der Waals surface area (Å²) in [5.74, 6) is 0. The Hall–Kier alpha value is -1.38. The summed E-state index contributed by atoms with van der Waals surface area (Å²) in [6.45, 7) is 0.243. The number of hydrogen-bond acceptors (Lipinski definition) is 4. The van der Waals surface area contributed by atoms with Gasteiger partial charge in [0.15, 0.2) is 0 Å². The molecule has 0 radical (unpaired) electrons. The van der Waals surface area contributed by atoms with Gasteiger partial charge < -0.3 is 10.4 Å². The predicted molar refractivity (Wildman–Crippen MR) is 83.6 cm³/mol. The average molecular weight is 390 g/mol. The van der Waals surface area contributed by atoms with Crippen LogP contribution in [0.4, 0.5) is 4.79 Å². The first kappa shape index (κ1) is 16.0. The van der Waals surface area contributed by atoms with E-state index in [0.717, 1.165) is 16.2 Å². The SMILES string of the molecule is O=C(O)NCCc1cc(Br)c(S(=O)(=O)c2ccccc2)s1. The van der Waals surface area contributed by atoms with Crippen LogP contribution in [0.3, 0.4) is 0 Å². The summed E-state index contributed by atoms with van der Waals surface area (Å²) in [7, 11) is -3.56. The maximum absolute atomic E-state index is 12.5. The molecule has 0 unspecified atom stereocenters. The molecule has 0 aliphatic rings. The van der Waals surface area contributed by atoms with Crippen LogP contribution in [0.2, 0.25) is 0 Å². The molecule has 2 N–H and O–H groups in total. The predicted octanol–water partition coefficient (Wildman–Crippen LogP) is 3.15. The fourth-order valence-electron chi connectivity index (χ4n) is 1.70. The summed E-state index contributed by atoms with van der Waals surface area (Å²) >= 11 is 4.41. The molecule has 112 valence electrons. The number of carbonyl (C=O) groups is 1. The molecule has 2 aromatic rings. The van der Waals surface area contributed by atoms with Gasteiger partial charge in [-0.15, -0.1) is 11.3 Å². The molecule has 1 aromatic carbocycles. The molecule has 0 aliphatic carbocycles. The number of hydrogen-bond donors (Lipinski definition) is 2. The van der Waals surface area contributed by atoms with Crippen LogP contribution in [-0.2, 0) is 16.3 Å². The van der Waals surface area contributed by atoms with Crippen molar-refractivity contribution in [1.29, 1.82) is 0 Å². The topological polar surface area (TPSA) is 83.5 Å². The van der Waals surface area contributed by atoms with Crippen molar-refractivity contribution in [3.05, 3.63) is 45.7 Å². The Bertz CT molecular complexity index is 741. The molecule has 0 fully saturated rings. The second kappa shape index (κ2) is 6.59. The molecule has 1 aromatic heterocycles. The maximum atomic E-state index is 12.5. The lowest BCUT2D eigenvalue weighted by Crippen LogP contribution is -2.22. The fraction of sp³-hybridized carbons (Fsp3) is 0.154. The van der Waals surface area contributed by atoms with Crippen LogP contribution < -0.4 is 5.32 Å². The van der Waals surface area contributed by atoms with E-state index >= 15 is 0 Å². The highest BCUT2D eigenvalue weighted by Gasteiger charge is 2.23. The van der Waals surface area contributed by atoms with Gasteiger partial charge in [-0.1, -0.05) is 18.2 Å². The van der Waals surface area contributed by atoms with E-state index in [1.54, 1.807) is 36.4 Å². The van der Waals surface area contributed by atoms with Crippen LogP contribution in [0.25, 0.3) is 0 Å². The number of thiophene rings is 1. The molecule has 2 rings (SSSR count). The van der Waals surface area contributed by atoms with Crippen LogP contribution in [0.15, 0.2) is 50.0 Å². The van der Waals surface area contributed by atoms with Gasteiger partial charge in [0.2, 0.25) is 9.84 Å². The van der Waals surface area contributed by atoms with Crippen molar-refractivity contribution >= 4 is 43.2 Å². The van der Waals surface area contributed by atoms with Crippen molar-refractivity contribution in [3.63, 3.8) is 0 Å². The molecule has 0 aliphatic heterocycles. The molecule has 0 atom stereocenters. The monoisotopic (exact) mass is 389 g/mol. The van der Waals surface area contributed by atoms with Crippen molar-refractivity contribution in [1.82, 2.24) is 5.32 Å². The van der Waals surface area contributed by atoms with Crippen LogP contribution >= 0.6 is 27.3 Å². The minimum atomic E-state index is -3.56. The molecule has 0 bridgehead atoms. The van der Waals surface area contributed by atoms with Crippen molar-refractivity contribution in [3.8, 4) is 0 Å². The number of amides is 1. The van der Waals surface area contributed by atoms with Crippen LogP contribution in [0.5, 0.6) is 0 Å². The second-order valence-electron chi connectivity index (χ2n) is 4.15. The van der Waals surface area contributed by atoms with E-state index in [0.29, 0.717) is 10.9 Å². The molecular formula is C13H12BrNO4S2. The summed E-state index contributed by atoms with van der Waals surface area (Å²) in [5.41, 5.74) is 0. The Labute approximate surface area is 134 Å². The first-order chi connectivity index (χ1) is 9.91. The summed E-state index contributed by atoms with van der Waals surface area (Å²) in [5, 5.41) is 10.8. The lowest BCUT2D eigenvalue weighted by molar-refractivity contribution is 0.194. The molecule has 8 heteroatoms. The van der Waals surface area contributed by atoms with Gasteiger partial charge in [0.1, 0.15) is 4.21 Å². The molecule has 0 saturated heterocycles. The van der Waals surface area contributed by atoms with Crippen molar-refractivity contribution in [2.24, 2.45) is 0 Å². The summed E-state index contributed by atoms with van der Waals surface area (Å²) in [6.07, 6.45) is -0.650. The fourth-order valence-corrected chi connectivity index (χ4v) is 5.88. The lowest BCUT2D eigenvalue weighted by atomic mass is 10.3. The Kier molecular flexibility index (Phi) is 5.02. The zero-order valence-electron chi connectivity index (χ0n) is 10.7. The molecule has 0 spiro atoms. The van der Waals surface area contributed by atoms with E-state index in [1.165, 1.54) is 0 Å². The van der Waals surface area contributed by atoms with Gasteiger partial charge >= 0.3 is 6.09 Å². The molecular weight excluding hydrogens is 378 g/mol. The van der Waals surface area contributed by atoms with Gasteiger partial charge in [-0.25, -0.2) is 13.2 Å². The zero-order chi connectivity index (χ0) is 15.5. The smallest absolute Gasteiger partial charge is 0.404 e. The highest BCUT2D eigenvalue weighted by atomic mass is 79.9. The molecule has 1 amide bonds. The maximum Gasteiger partial charge on any atom is 0.404 e. The normalized spacial score (nSPS) is 11.3. The molecule has 5 nitrogen and oxygen atoms in total. The summed E-state index contributed by atoms with van der Waals surface area (Å²) in [4.78, 5) is 11.4. The highest BCUT2D eigenvalue weighted by molar-refractivity contribution is 9.10. The standard InChI is InChI=1S/C13H12BrNO4S2/c14-11-8-9(6-7-15-13(16)17)20-12(11)21(18,19)10-4-2-1-3-5-10/h1-5,8,15H,6-7H2,(H,16,17). The number of carboxylic acid groups (broad SMARTS) is 1. The number of nitrogens with one attached hydrogen (secondary N) is 1. The number of sulfone groups is 1. The molecule has 0 saturated carbocycles. The minimum Gasteiger partial charge on any atom is -0.465 e. The van der Waals surface area contributed by atoms with Gasteiger partial charge in [0, 0.05) is 15.9 Å². The van der Waals surface area contributed by atoms with E-state index in [9.17, 15) is 13.2 Å². The molecule has 21 heavy (non-hydrogen) atoms. The van der Waals surface area contributed by atoms with E-state index in [2.05, 4.69) is 21.2 Å². The Balaban J connectivity index is 2.25. The first-order valence-corrected chi connectivity index (χ1v) is 9.05. The quantitative estimate of drug-likeness (QED) is 0.822. The Morgan fingerprint density at radius 1 is 1.29 bits per heavy atom. The largest absolute Gasteiger partial charge is 0.465 e. The first-order valence-electron chi connectivity index (χ1n) is 5.96. The summed E-state index contributed by atoms with van der Waals surface area (Å²) < 4.78 is 25.8.